The molecule has 1 unspecified atom stereocenters. The number of nitrogens with zero attached hydrogens (tertiary/aromatic N) is 5. The number of anilines is 1. The summed E-state index contributed by atoms with van der Waals surface area (Å²) in [6, 6.07) is 13.2. The van der Waals surface area contributed by atoms with Crippen molar-refractivity contribution in [2.75, 3.05) is 18.6 Å². The first-order chi connectivity index (χ1) is 23.6. The van der Waals surface area contributed by atoms with Crippen LogP contribution in [0, 0.1) is 13.8 Å². The number of thioether (sulfide) groups is 1. The van der Waals surface area contributed by atoms with Gasteiger partial charge in [-0.1, -0.05) is 84.3 Å². The van der Waals surface area contributed by atoms with Crippen LogP contribution in [-0.4, -0.2) is 50.1 Å². The van der Waals surface area contributed by atoms with Gasteiger partial charge >= 0.3 is 5.91 Å². The molecule has 0 radical (unpaired) electrons. The highest BCUT2D eigenvalue weighted by molar-refractivity contribution is 8.00. The van der Waals surface area contributed by atoms with Gasteiger partial charge in [0.2, 0.25) is 5.13 Å². The lowest BCUT2D eigenvalue weighted by Crippen LogP contribution is -2.29. The van der Waals surface area contributed by atoms with Crippen molar-refractivity contribution in [1.29, 1.82) is 0 Å². The van der Waals surface area contributed by atoms with Gasteiger partial charge in [0.15, 0.2) is 21.6 Å². The molecule has 5 aromatic rings. The predicted octanol–water partition coefficient (Wildman–Crippen LogP) is 8.61. The van der Waals surface area contributed by atoms with Gasteiger partial charge in [0.05, 0.1) is 31.0 Å². The average Bonchev–Trinajstić information content (AvgIpc) is 3.77. The highest BCUT2D eigenvalue weighted by atomic mass is 35.5. The van der Waals surface area contributed by atoms with Gasteiger partial charge in [-0.3, -0.25) is 14.5 Å². The minimum absolute atomic E-state index is 0.120. The molecule has 2 aromatic carbocycles. The summed E-state index contributed by atoms with van der Waals surface area (Å²) >= 11 is 15.0. The Morgan fingerprint density at radius 2 is 1.88 bits per heavy atom. The SMILES string of the molecule is CCCCCOc1ccc(C2C(=C(O)c3nc4c(C)cccn4c3C)C(=O)C(=O)N2c2nnc(SCc3ccc(Cl)cc3Cl)s2)cc1OC. The number of aryl methyl sites for hydroxylation is 2. The number of amides is 1. The molecule has 1 amide bonds. The molecule has 1 atom stereocenters. The molecule has 4 heterocycles. The maximum atomic E-state index is 13.9. The number of carbonyl (C=O) groups excluding carboxylic acids is 2. The number of Topliss-reactive ketones (excluding diaryl/α,β-unsaturated/α-hetero) is 1. The number of benzene rings is 2. The van der Waals surface area contributed by atoms with Crippen molar-refractivity contribution in [2.45, 2.75) is 56.2 Å². The van der Waals surface area contributed by atoms with Crippen molar-refractivity contribution in [3.8, 4) is 11.5 Å². The molecule has 1 fully saturated rings. The van der Waals surface area contributed by atoms with Crippen LogP contribution in [0.25, 0.3) is 11.4 Å². The lowest BCUT2D eigenvalue weighted by molar-refractivity contribution is -0.132. The summed E-state index contributed by atoms with van der Waals surface area (Å²) in [5.41, 5.74) is 3.58. The fourth-order valence-electron chi connectivity index (χ4n) is 5.66. The molecule has 49 heavy (non-hydrogen) atoms. The average molecular weight is 739 g/mol. The van der Waals surface area contributed by atoms with Crippen molar-refractivity contribution in [3.05, 3.63) is 98.4 Å². The van der Waals surface area contributed by atoms with E-state index in [-0.39, 0.29) is 22.2 Å². The van der Waals surface area contributed by atoms with Crippen LogP contribution in [0.2, 0.25) is 10.0 Å². The third-order valence-electron chi connectivity index (χ3n) is 8.23. The van der Waals surface area contributed by atoms with Crippen molar-refractivity contribution in [2.24, 2.45) is 0 Å². The number of ether oxygens (including phenoxy) is 2. The van der Waals surface area contributed by atoms with Crippen LogP contribution < -0.4 is 14.4 Å². The summed E-state index contributed by atoms with van der Waals surface area (Å²) in [6.45, 7) is 6.35. The molecule has 3 aromatic heterocycles. The Morgan fingerprint density at radius 1 is 1.06 bits per heavy atom. The van der Waals surface area contributed by atoms with Gasteiger partial charge in [0, 0.05) is 22.0 Å². The summed E-state index contributed by atoms with van der Waals surface area (Å²) in [4.78, 5) is 33.8. The molecule has 1 N–H and O–H groups in total. The third kappa shape index (κ3) is 6.87. The normalized spacial score (nSPS) is 15.8. The summed E-state index contributed by atoms with van der Waals surface area (Å²) in [5, 5.41) is 21.8. The van der Waals surface area contributed by atoms with Gasteiger partial charge < -0.3 is 19.0 Å². The number of unbranched alkanes of at least 4 members (excludes halogenated alkanes) is 2. The van der Waals surface area contributed by atoms with E-state index in [2.05, 4.69) is 22.1 Å². The first-order valence-corrected chi connectivity index (χ1v) is 18.1. The van der Waals surface area contributed by atoms with Gasteiger partial charge in [-0.2, -0.15) is 0 Å². The minimum Gasteiger partial charge on any atom is -0.505 e. The highest BCUT2D eigenvalue weighted by Crippen LogP contribution is 2.46. The Labute approximate surface area is 301 Å². The maximum Gasteiger partial charge on any atom is 0.301 e. The lowest BCUT2D eigenvalue weighted by Gasteiger charge is -2.23. The lowest BCUT2D eigenvalue weighted by atomic mass is 9.96. The minimum atomic E-state index is -1.06. The molecule has 0 saturated carbocycles. The van der Waals surface area contributed by atoms with Gasteiger partial charge in [0.1, 0.15) is 11.3 Å². The Balaban J connectivity index is 1.43. The number of aliphatic hydroxyl groups is 1. The molecule has 254 valence electrons. The van der Waals surface area contributed by atoms with E-state index in [0.717, 1.165) is 41.7 Å². The number of aromatic nitrogens is 4. The van der Waals surface area contributed by atoms with Crippen molar-refractivity contribution in [1.82, 2.24) is 19.6 Å². The second-order valence-electron chi connectivity index (χ2n) is 11.4. The number of ketones is 1. The molecular weight excluding hydrogens is 705 g/mol. The van der Waals surface area contributed by atoms with E-state index >= 15 is 0 Å². The highest BCUT2D eigenvalue weighted by Gasteiger charge is 2.49. The standard InChI is InChI=1S/C35H33Cl2N5O5S2/c1-5-6-7-15-47-25-13-11-21(16-26(25)46-4)29-27(30(43)28-20(3)41-14-8-9-19(2)32(41)38-28)31(44)33(45)42(29)34-39-40-35(49-34)48-18-22-10-12-23(36)17-24(22)37/h8-14,16-17,29,43H,5-7,15,18H2,1-4H3. The molecule has 1 saturated heterocycles. The van der Waals surface area contributed by atoms with Gasteiger partial charge in [-0.15, -0.1) is 10.2 Å². The number of halogens is 2. The van der Waals surface area contributed by atoms with Crippen molar-refractivity contribution >= 4 is 74.5 Å². The summed E-state index contributed by atoms with van der Waals surface area (Å²) < 4.78 is 14.1. The number of imidazole rings is 1. The second-order valence-corrected chi connectivity index (χ2v) is 14.5. The third-order valence-corrected chi connectivity index (χ3v) is 10.9. The number of carbonyl (C=O) groups is 2. The molecule has 0 bridgehead atoms. The van der Waals surface area contributed by atoms with E-state index in [1.807, 2.05) is 35.7 Å². The van der Waals surface area contributed by atoms with Gasteiger partial charge in [-0.05, 0) is 67.3 Å². The maximum absolute atomic E-state index is 13.9. The first-order valence-electron chi connectivity index (χ1n) is 15.6. The number of rotatable bonds is 12. The smallest absolute Gasteiger partial charge is 0.301 e. The molecule has 14 heteroatoms. The number of aliphatic hydroxyl groups excluding tert-OH is 1. The zero-order chi connectivity index (χ0) is 34.8. The fraction of sp³-hybridized carbons (Fsp3) is 0.286. The van der Waals surface area contributed by atoms with E-state index < -0.39 is 17.7 Å². The van der Waals surface area contributed by atoms with Crippen LogP contribution in [0.15, 0.2) is 64.6 Å². The van der Waals surface area contributed by atoms with Crippen molar-refractivity contribution in [3.63, 3.8) is 0 Å². The Bertz CT molecular complexity index is 2100. The molecule has 0 spiro atoms. The van der Waals surface area contributed by atoms with Gasteiger partial charge in [0.25, 0.3) is 5.78 Å². The van der Waals surface area contributed by atoms with E-state index in [1.54, 1.807) is 37.3 Å². The molecule has 1 aliphatic rings. The molecular formula is C35H33Cl2N5O5S2. The number of methoxy groups -OCH3 is 1. The molecule has 10 nitrogen and oxygen atoms in total. The molecule has 6 rings (SSSR count). The first kappa shape index (κ1) is 34.8. The Hall–Kier alpha value is -4.10. The zero-order valence-corrected chi connectivity index (χ0v) is 30.3. The van der Waals surface area contributed by atoms with Crippen LogP contribution >= 0.6 is 46.3 Å². The van der Waals surface area contributed by atoms with E-state index in [0.29, 0.717) is 55.1 Å². The number of fused-ring (bicyclic) bond motifs is 1. The Morgan fingerprint density at radius 3 is 2.61 bits per heavy atom. The van der Waals surface area contributed by atoms with Crippen molar-refractivity contribution < 1.29 is 24.2 Å². The number of hydrogen-bond acceptors (Lipinski definition) is 10. The van der Waals surface area contributed by atoms with Crippen LogP contribution in [0.1, 0.15) is 60.3 Å². The Kier molecular flexibility index (Phi) is 10.5. The topological polar surface area (TPSA) is 119 Å². The fourth-order valence-corrected chi connectivity index (χ4v) is 8.09. The quantitative estimate of drug-likeness (QED) is 0.0335. The van der Waals surface area contributed by atoms with Gasteiger partial charge in [-0.25, -0.2) is 4.98 Å². The number of pyridine rings is 1. The largest absolute Gasteiger partial charge is 0.505 e. The summed E-state index contributed by atoms with van der Waals surface area (Å²) in [7, 11) is 1.53. The zero-order valence-electron chi connectivity index (χ0n) is 27.2. The van der Waals surface area contributed by atoms with E-state index in [9.17, 15) is 14.7 Å². The summed E-state index contributed by atoms with van der Waals surface area (Å²) in [6.07, 6.45) is 4.82. The van der Waals surface area contributed by atoms with Crippen LogP contribution in [0.5, 0.6) is 11.5 Å². The predicted molar refractivity (Wildman–Crippen MR) is 193 cm³/mol. The second kappa shape index (κ2) is 14.8. The van der Waals surface area contributed by atoms with Crippen LogP contribution in [0.4, 0.5) is 5.13 Å². The van der Waals surface area contributed by atoms with Crippen LogP contribution in [-0.2, 0) is 15.3 Å². The van der Waals surface area contributed by atoms with E-state index in [1.165, 1.54) is 23.8 Å². The molecule has 0 aliphatic carbocycles. The summed E-state index contributed by atoms with van der Waals surface area (Å²) in [5.74, 6) is -0.671. The van der Waals surface area contributed by atoms with Crippen LogP contribution in [0.3, 0.4) is 0 Å². The number of hydrogen-bond donors (Lipinski definition) is 1. The monoisotopic (exact) mass is 737 g/mol. The molecule has 1 aliphatic heterocycles. The van der Waals surface area contributed by atoms with E-state index in [4.69, 9.17) is 32.7 Å².